The van der Waals surface area contributed by atoms with Crippen LogP contribution in [0.15, 0.2) is 18.3 Å². The molecule has 0 radical (unpaired) electrons. The Morgan fingerprint density at radius 1 is 1.75 bits per heavy atom. The molecule has 0 aliphatic heterocycles. The number of rotatable bonds is 2. The van der Waals surface area contributed by atoms with E-state index in [0.29, 0.717) is 11.6 Å². The summed E-state index contributed by atoms with van der Waals surface area (Å²) in [5, 5.41) is 0. The number of hydrogen-bond donors (Lipinski definition) is 1. The van der Waals surface area contributed by atoms with Crippen LogP contribution < -0.4 is 10.5 Å². The molecule has 1 aromatic rings. The SMILES string of the molecule is C#CC(C)Oc1ncccc1N. The van der Waals surface area contributed by atoms with Gasteiger partial charge in [-0.3, -0.25) is 0 Å². The zero-order valence-electron chi connectivity index (χ0n) is 6.82. The Labute approximate surface area is 71.6 Å². The van der Waals surface area contributed by atoms with Gasteiger partial charge in [0.1, 0.15) is 0 Å². The number of hydrogen-bond acceptors (Lipinski definition) is 3. The van der Waals surface area contributed by atoms with Crippen molar-refractivity contribution in [3.8, 4) is 18.2 Å². The van der Waals surface area contributed by atoms with Crippen molar-refractivity contribution in [3.05, 3.63) is 18.3 Å². The minimum absolute atomic E-state index is 0.304. The van der Waals surface area contributed by atoms with E-state index in [-0.39, 0.29) is 6.10 Å². The molecular weight excluding hydrogens is 152 g/mol. The smallest absolute Gasteiger partial charge is 0.238 e. The molecule has 1 heterocycles. The number of nitrogen functional groups attached to an aromatic ring is 1. The number of nitrogens with two attached hydrogens (primary N) is 1. The quantitative estimate of drug-likeness (QED) is 0.661. The van der Waals surface area contributed by atoms with E-state index in [0.717, 1.165) is 0 Å². The third-order valence-electron chi connectivity index (χ3n) is 1.32. The van der Waals surface area contributed by atoms with Gasteiger partial charge in [-0.15, -0.1) is 6.42 Å². The van der Waals surface area contributed by atoms with Gasteiger partial charge >= 0.3 is 0 Å². The second-order valence-electron chi connectivity index (χ2n) is 2.32. The second kappa shape index (κ2) is 3.63. The molecule has 0 fully saturated rings. The predicted molar refractivity (Wildman–Crippen MR) is 47.6 cm³/mol. The number of pyridine rings is 1. The summed E-state index contributed by atoms with van der Waals surface area (Å²) in [6.45, 7) is 1.76. The molecule has 1 rings (SSSR count). The first-order chi connectivity index (χ1) is 5.74. The first-order valence-corrected chi connectivity index (χ1v) is 3.57. The van der Waals surface area contributed by atoms with Crippen molar-refractivity contribution in [2.45, 2.75) is 13.0 Å². The maximum Gasteiger partial charge on any atom is 0.238 e. The Morgan fingerprint density at radius 3 is 3.08 bits per heavy atom. The number of nitrogens with zero attached hydrogens (tertiary/aromatic N) is 1. The standard InChI is InChI=1S/C9H10N2O/c1-3-7(2)12-9-8(10)5-4-6-11-9/h1,4-7H,10H2,2H3. The van der Waals surface area contributed by atoms with Gasteiger partial charge in [0.2, 0.25) is 5.88 Å². The van der Waals surface area contributed by atoms with Crippen LogP contribution in [0.1, 0.15) is 6.92 Å². The van der Waals surface area contributed by atoms with Gasteiger partial charge in [0, 0.05) is 6.20 Å². The summed E-state index contributed by atoms with van der Waals surface area (Å²) in [6, 6.07) is 3.45. The highest BCUT2D eigenvalue weighted by Gasteiger charge is 2.03. The topological polar surface area (TPSA) is 48.1 Å². The van der Waals surface area contributed by atoms with Crippen LogP contribution in [0.3, 0.4) is 0 Å². The molecule has 1 unspecified atom stereocenters. The predicted octanol–water partition coefficient (Wildman–Crippen LogP) is 1.06. The fourth-order valence-electron chi connectivity index (χ4n) is 0.703. The fourth-order valence-corrected chi connectivity index (χ4v) is 0.703. The summed E-state index contributed by atoms with van der Waals surface area (Å²) in [4.78, 5) is 3.92. The van der Waals surface area contributed by atoms with E-state index in [9.17, 15) is 0 Å². The van der Waals surface area contributed by atoms with Gasteiger partial charge in [-0.2, -0.15) is 0 Å². The maximum absolute atomic E-state index is 5.57. The molecule has 0 amide bonds. The molecule has 0 saturated heterocycles. The number of aromatic nitrogens is 1. The van der Waals surface area contributed by atoms with Crippen molar-refractivity contribution in [1.29, 1.82) is 0 Å². The zero-order valence-corrected chi connectivity index (χ0v) is 6.82. The van der Waals surface area contributed by atoms with E-state index in [4.69, 9.17) is 16.9 Å². The van der Waals surface area contributed by atoms with Gasteiger partial charge in [-0.25, -0.2) is 4.98 Å². The van der Waals surface area contributed by atoms with Crippen LogP contribution in [0.25, 0.3) is 0 Å². The van der Waals surface area contributed by atoms with Gasteiger partial charge in [0.25, 0.3) is 0 Å². The lowest BCUT2D eigenvalue weighted by atomic mass is 10.4. The zero-order chi connectivity index (χ0) is 8.97. The molecule has 0 aliphatic carbocycles. The van der Waals surface area contributed by atoms with Gasteiger partial charge in [0.15, 0.2) is 6.10 Å². The lowest BCUT2D eigenvalue weighted by Crippen LogP contribution is -2.10. The van der Waals surface area contributed by atoms with Crippen molar-refractivity contribution < 1.29 is 4.74 Å². The third kappa shape index (κ3) is 1.89. The molecule has 2 N–H and O–H groups in total. The number of terminal acetylenes is 1. The van der Waals surface area contributed by atoms with E-state index in [1.165, 1.54) is 0 Å². The van der Waals surface area contributed by atoms with Crippen LogP contribution in [0.5, 0.6) is 5.88 Å². The highest BCUT2D eigenvalue weighted by atomic mass is 16.5. The van der Waals surface area contributed by atoms with Gasteiger partial charge in [-0.1, -0.05) is 5.92 Å². The molecular formula is C9H10N2O. The summed E-state index contributed by atoms with van der Waals surface area (Å²) in [5.41, 5.74) is 6.07. The monoisotopic (exact) mass is 162 g/mol. The molecule has 12 heavy (non-hydrogen) atoms. The van der Waals surface area contributed by atoms with Crippen molar-refractivity contribution in [3.63, 3.8) is 0 Å². The van der Waals surface area contributed by atoms with Crippen molar-refractivity contribution in [2.24, 2.45) is 0 Å². The Bertz CT molecular complexity index is 304. The minimum atomic E-state index is -0.304. The van der Waals surface area contributed by atoms with Crippen LogP contribution in [0.2, 0.25) is 0 Å². The summed E-state index contributed by atoms with van der Waals surface area (Å²) in [7, 11) is 0. The Kier molecular flexibility index (Phi) is 2.54. The molecule has 0 saturated carbocycles. The average Bonchev–Trinajstić information content (AvgIpc) is 2.09. The van der Waals surface area contributed by atoms with E-state index < -0.39 is 0 Å². The van der Waals surface area contributed by atoms with Gasteiger partial charge < -0.3 is 10.5 Å². The van der Waals surface area contributed by atoms with E-state index in [2.05, 4.69) is 10.9 Å². The van der Waals surface area contributed by atoms with Crippen LogP contribution in [0.4, 0.5) is 5.69 Å². The Hall–Kier alpha value is -1.69. The molecule has 0 aromatic carbocycles. The number of anilines is 1. The lowest BCUT2D eigenvalue weighted by molar-refractivity contribution is 0.269. The van der Waals surface area contributed by atoms with Crippen LogP contribution in [-0.2, 0) is 0 Å². The first kappa shape index (κ1) is 8.41. The normalized spacial score (nSPS) is 11.7. The molecule has 1 atom stereocenters. The van der Waals surface area contributed by atoms with E-state index >= 15 is 0 Å². The van der Waals surface area contributed by atoms with Gasteiger partial charge in [0.05, 0.1) is 5.69 Å². The summed E-state index contributed by atoms with van der Waals surface area (Å²) in [6.07, 6.45) is 6.43. The molecule has 62 valence electrons. The highest BCUT2D eigenvalue weighted by molar-refractivity contribution is 5.47. The van der Waals surface area contributed by atoms with Crippen molar-refractivity contribution in [1.82, 2.24) is 4.98 Å². The summed E-state index contributed by atoms with van der Waals surface area (Å²) in [5.74, 6) is 2.81. The van der Waals surface area contributed by atoms with Crippen molar-refractivity contribution in [2.75, 3.05) is 5.73 Å². The summed E-state index contributed by atoms with van der Waals surface area (Å²) < 4.78 is 5.22. The fraction of sp³-hybridized carbons (Fsp3) is 0.222. The summed E-state index contributed by atoms with van der Waals surface area (Å²) >= 11 is 0. The lowest BCUT2D eigenvalue weighted by Gasteiger charge is -2.08. The molecule has 1 aromatic heterocycles. The minimum Gasteiger partial charge on any atom is -0.460 e. The van der Waals surface area contributed by atoms with Crippen molar-refractivity contribution >= 4 is 5.69 Å². The van der Waals surface area contributed by atoms with Crippen LogP contribution in [-0.4, -0.2) is 11.1 Å². The van der Waals surface area contributed by atoms with Gasteiger partial charge in [-0.05, 0) is 19.1 Å². The first-order valence-electron chi connectivity index (χ1n) is 3.57. The average molecular weight is 162 g/mol. The Morgan fingerprint density at radius 2 is 2.50 bits per heavy atom. The van der Waals surface area contributed by atoms with Crippen LogP contribution in [0, 0.1) is 12.3 Å². The van der Waals surface area contributed by atoms with Crippen LogP contribution >= 0.6 is 0 Å². The van der Waals surface area contributed by atoms with E-state index in [1.807, 2.05) is 0 Å². The molecule has 0 bridgehead atoms. The molecule has 0 spiro atoms. The largest absolute Gasteiger partial charge is 0.460 e. The number of ether oxygens (including phenoxy) is 1. The highest BCUT2D eigenvalue weighted by Crippen LogP contribution is 2.16. The Balaban J connectivity index is 2.77. The second-order valence-corrected chi connectivity index (χ2v) is 2.32. The third-order valence-corrected chi connectivity index (χ3v) is 1.32. The molecule has 3 nitrogen and oxygen atoms in total. The molecule has 0 aliphatic rings. The van der Waals surface area contributed by atoms with E-state index in [1.54, 1.807) is 25.3 Å². The maximum atomic E-state index is 5.57. The molecule has 3 heteroatoms.